The van der Waals surface area contributed by atoms with Gasteiger partial charge < -0.3 is 24.7 Å². The van der Waals surface area contributed by atoms with Gasteiger partial charge in [0.1, 0.15) is 12.3 Å². The molecule has 3 heterocycles. The molecule has 0 saturated carbocycles. The molecule has 3 aromatic heterocycles. The number of anilines is 2. The molecule has 4 rings (SSSR count). The molecule has 1 amide bonds. The molecule has 38 heavy (non-hydrogen) atoms. The number of pyridine rings is 1. The van der Waals surface area contributed by atoms with E-state index in [1.807, 2.05) is 45.8 Å². The topological polar surface area (TPSA) is 112 Å². The van der Waals surface area contributed by atoms with E-state index in [9.17, 15) is 9.59 Å². The fraction of sp³-hybridized carbons (Fsp3) is 0.357. The first-order chi connectivity index (χ1) is 18.5. The summed E-state index contributed by atoms with van der Waals surface area (Å²) < 4.78 is 13.8. The van der Waals surface area contributed by atoms with Gasteiger partial charge in [0.05, 0.1) is 24.7 Å². The van der Waals surface area contributed by atoms with Crippen LogP contribution in [0.3, 0.4) is 0 Å². The maximum atomic E-state index is 13.0. The Hall–Kier alpha value is -4.18. The summed E-state index contributed by atoms with van der Waals surface area (Å²) in [4.78, 5) is 30.2. The summed E-state index contributed by atoms with van der Waals surface area (Å²) in [5, 5.41) is 11.2. The second-order valence-corrected chi connectivity index (χ2v) is 9.14. The number of methoxy groups -OCH3 is 2. The van der Waals surface area contributed by atoms with Crippen molar-refractivity contribution in [3.8, 4) is 0 Å². The number of aryl methyl sites for hydroxylation is 3. The lowest BCUT2D eigenvalue weighted by molar-refractivity contribution is -0.119. The second-order valence-electron chi connectivity index (χ2n) is 9.14. The molecule has 2 N–H and O–H groups in total. The van der Waals surface area contributed by atoms with Gasteiger partial charge in [-0.3, -0.25) is 9.48 Å². The fourth-order valence-electron chi connectivity index (χ4n) is 4.47. The lowest BCUT2D eigenvalue weighted by Crippen LogP contribution is -2.20. The fourth-order valence-corrected chi connectivity index (χ4v) is 4.47. The van der Waals surface area contributed by atoms with Crippen molar-refractivity contribution in [1.82, 2.24) is 19.3 Å². The zero-order valence-electron chi connectivity index (χ0n) is 22.0. The maximum absolute atomic E-state index is 13.0. The average Bonchev–Trinajstić information content (AvgIpc) is 3.54. The highest BCUT2D eigenvalue weighted by molar-refractivity contribution is 6.11. The van der Waals surface area contributed by atoms with Gasteiger partial charge in [-0.25, -0.2) is 9.78 Å². The van der Waals surface area contributed by atoms with E-state index < -0.39 is 5.97 Å². The van der Waals surface area contributed by atoms with Crippen molar-refractivity contribution in [2.75, 3.05) is 31.5 Å². The van der Waals surface area contributed by atoms with Crippen molar-refractivity contribution in [2.45, 2.75) is 45.3 Å². The monoisotopic (exact) mass is 518 g/mol. The third kappa shape index (κ3) is 6.57. The predicted molar refractivity (Wildman–Crippen MR) is 146 cm³/mol. The summed E-state index contributed by atoms with van der Waals surface area (Å²) >= 11 is 0. The first-order valence-corrected chi connectivity index (χ1v) is 12.7. The van der Waals surface area contributed by atoms with Crippen LogP contribution in [0.15, 0.2) is 61.1 Å². The van der Waals surface area contributed by atoms with Crippen LogP contribution in [0.4, 0.5) is 11.4 Å². The molecule has 0 fully saturated rings. The molecule has 0 bridgehead atoms. The van der Waals surface area contributed by atoms with Gasteiger partial charge in [0.15, 0.2) is 5.69 Å². The van der Waals surface area contributed by atoms with E-state index in [0.29, 0.717) is 23.3 Å². The third-order valence-corrected chi connectivity index (χ3v) is 6.27. The molecule has 0 aliphatic rings. The van der Waals surface area contributed by atoms with Crippen LogP contribution in [0.25, 0.3) is 11.0 Å². The van der Waals surface area contributed by atoms with Crippen molar-refractivity contribution in [3.05, 3.63) is 72.3 Å². The molecule has 4 aromatic rings. The second kappa shape index (κ2) is 12.9. The summed E-state index contributed by atoms with van der Waals surface area (Å²) in [6.07, 6.45) is 7.91. The average molecular weight is 519 g/mol. The molecule has 0 saturated heterocycles. The Balaban J connectivity index is 1.65. The van der Waals surface area contributed by atoms with Gasteiger partial charge in [0, 0.05) is 44.0 Å². The van der Waals surface area contributed by atoms with Gasteiger partial charge in [-0.2, -0.15) is 5.10 Å². The van der Waals surface area contributed by atoms with Gasteiger partial charge in [-0.15, -0.1) is 0 Å². The lowest BCUT2D eigenvalue weighted by atomic mass is 10.1. The molecule has 0 spiro atoms. The quantitative estimate of drug-likeness (QED) is 0.256. The van der Waals surface area contributed by atoms with E-state index in [0.717, 1.165) is 31.5 Å². The van der Waals surface area contributed by atoms with E-state index >= 15 is 0 Å². The molecule has 1 aromatic carbocycles. The van der Waals surface area contributed by atoms with Gasteiger partial charge in [0.25, 0.3) is 0 Å². The summed E-state index contributed by atoms with van der Waals surface area (Å²) in [6.45, 7) is 3.25. The highest BCUT2D eigenvalue weighted by atomic mass is 16.5. The van der Waals surface area contributed by atoms with E-state index in [1.54, 1.807) is 12.4 Å². The number of carbonyl (C=O) groups excluding carboxylic acids is 2. The normalized spacial score (nSPS) is 11.9. The summed E-state index contributed by atoms with van der Waals surface area (Å²) in [5.41, 5.74) is 3.22. The number of carbonyl (C=O) groups is 2. The Labute approximate surface area is 222 Å². The molecule has 10 heteroatoms. The van der Waals surface area contributed by atoms with Crippen LogP contribution in [0.1, 0.15) is 35.8 Å². The van der Waals surface area contributed by atoms with Crippen LogP contribution in [0.2, 0.25) is 0 Å². The predicted octanol–water partition coefficient (Wildman–Crippen LogP) is 4.13. The minimum Gasteiger partial charge on any atom is -0.464 e. The minimum absolute atomic E-state index is 0.137. The van der Waals surface area contributed by atoms with Crippen LogP contribution < -0.4 is 10.6 Å². The number of aromatic nitrogens is 4. The van der Waals surface area contributed by atoms with Crippen molar-refractivity contribution in [3.63, 3.8) is 0 Å². The number of benzene rings is 1. The molecule has 0 radical (unpaired) electrons. The van der Waals surface area contributed by atoms with Crippen LogP contribution in [-0.2, 0) is 33.8 Å². The van der Waals surface area contributed by atoms with Gasteiger partial charge in [0.2, 0.25) is 5.91 Å². The number of fused-ring (bicyclic) bond motifs is 1. The summed E-state index contributed by atoms with van der Waals surface area (Å²) in [5.74, 6) is -0.913. The minimum atomic E-state index is -0.544. The van der Waals surface area contributed by atoms with Crippen LogP contribution >= 0.6 is 0 Å². The first kappa shape index (κ1) is 26.9. The number of hydrogen-bond donors (Lipinski definition) is 2. The molecular weight excluding hydrogens is 484 g/mol. The van der Waals surface area contributed by atoms with Crippen LogP contribution in [-0.4, -0.2) is 58.1 Å². The number of nitrogens with one attached hydrogen (secondary N) is 2. The Kier molecular flexibility index (Phi) is 9.10. The molecule has 0 aliphatic carbocycles. The maximum Gasteiger partial charge on any atom is 0.356 e. The lowest BCUT2D eigenvalue weighted by Gasteiger charge is -2.15. The van der Waals surface area contributed by atoms with Gasteiger partial charge in [-0.05, 0) is 43.9 Å². The largest absolute Gasteiger partial charge is 0.464 e. The number of ether oxygens (including phenoxy) is 2. The van der Waals surface area contributed by atoms with E-state index in [1.165, 1.54) is 19.8 Å². The van der Waals surface area contributed by atoms with Crippen molar-refractivity contribution in [1.29, 1.82) is 0 Å². The van der Waals surface area contributed by atoms with Crippen LogP contribution in [0, 0.1) is 0 Å². The highest BCUT2D eigenvalue weighted by Gasteiger charge is 2.26. The van der Waals surface area contributed by atoms with Gasteiger partial charge >= 0.3 is 5.97 Å². The van der Waals surface area contributed by atoms with E-state index in [-0.39, 0.29) is 24.2 Å². The molecular formula is C28H34N6O4. The van der Waals surface area contributed by atoms with Gasteiger partial charge in [-0.1, -0.05) is 30.3 Å². The summed E-state index contributed by atoms with van der Waals surface area (Å²) in [7, 11) is 2.78. The Morgan fingerprint density at radius 2 is 1.92 bits per heavy atom. The van der Waals surface area contributed by atoms with E-state index in [2.05, 4.69) is 34.8 Å². The van der Waals surface area contributed by atoms with Crippen molar-refractivity contribution < 1.29 is 19.1 Å². The zero-order chi connectivity index (χ0) is 26.9. The van der Waals surface area contributed by atoms with Crippen molar-refractivity contribution >= 4 is 34.3 Å². The third-order valence-electron chi connectivity index (χ3n) is 6.27. The Morgan fingerprint density at radius 3 is 2.63 bits per heavy atom. The van der Waals surface area contributed by atoms with Crippen molar-refractivity contribution in [2.24, 2.45) is 0 Å². The number of rotatable bonds is 13. The molecule has 1 unspecified atom stereocenters. The standard InChI is InChI=1S/C28H34N6O4/c1-20(12-16-33-14-8-13-30-33)31-22-17-23-25(32-24(35)19-37-2)26(28(36)38-3)34(27(23)29-18-22)15-7-11-21-9-5-4-6-10-21/h4-6,8-10,13-14,17-18,20,31H,7,11-12,15-16,19H2,1-3H3,(H,32,35). The highest BCUT2D eigenvalue weighted by Crippen LogP contribution is 2.33. The number of amides is 1. The molecule has 1 atom stereocenters. The molecule has 10 nitrogen and oxygen atoms in total. The summed E-state index contributed by atoms with van der Waals surface area (Å²) in [6, 6.07) is 14.1. The Morgan fingerprint density at radius 1 is 1.11 bits per heavy atom. The SMILES string of the molecule is COCC(=O)Nc1c(C(=O)OC)n(CCCc2ccccc2)c2ncc(NC(C)CCn3cccn3)cc12. The number of nitrogens with zero attached hydrogens (tertiary/aromatic N) is 4. The molecule has 200 valence electrons. The van der Waals surface area contributed by atoms with E-state index in [4.69, 9.17) is 14.5 Å². The number of esters is 1. The number of hydrogen-bond acceptors (Lipinski definition) is 7. The smallest absolute Gasteiger partial charge is 0.356 e. The zero-order valence-corrected chi connectivity index (χ0v) is 22.0. The Bertz CT molecular complexity index is 1350. The first-order valence-electron chi connectivity index (χ1n) is 12.7. The van der Waals surface area contributed by atoms with Crippen LogP contribution in [0.5, 0.6) is 0 Å². The molecule has 0 aliphatic heterocycles.